The highest BCUT2D eigenvalue weighted by Gasteiger charge is 2.24. The number of benzene rings is 1. The molecule has 0 atom stereocenters. The summed E-state index contributed by atoms with van der Waals surface area (Å²) in [4.78, 5) is 0. The van der Waals surface area contributed by atoms with E-state index < -0.39 is 0 Å². The Balaban J connectivity index is 1.49. The van der Waals surface area contributed by atoms with E-state index in [0.29, 0.717) is 0 Å². The van der Waals surface area contributed by atoms with E-state index in [1.807, 2.05) is 6.07 Å². The Bertz CT molecular complexity index is 288. The van der Waals surface area contributed by atoms with Crippen LogP contribution in [0.1, 0.15) is 38.2 Å². The van der Waals surface area contributed by atoms with Crippen molar-refractivity contribution >= 4 is 0 Å². The van der Waals surface area contributed by atoms with E-state index in [-0.39, 0.29) is 0 Å². The third kappa shape index (κ3) is 3.64. The molecule has 0 aliphatic heterocycles. The molecule has 1 heteroatoms. The predicted octanol–water partition coefficient (Wildman–Crippen LogP) is 4.03. The lowest BCUT2D eigenvalue weighted by Crippen LogP contribution is -2.21. The molecular weight excluding hydrogens is 196 g/mol. The summed E-state index contributed by atoms with van der Waals surface area (Å²) in [7, 11) is 0. The van der Waals surface area contributed by atoms with Gasteiger partial charge in [-0.15, -0.1) is 0 Å². The highest BCUT2D eigenvalue weighted by molar-refractivity contribution is 5.13. The monoisotopic (exact) mass is 218 g/mol. The number of hydrogen-bond donors (Lipinski definition) is 0. The first-order chi connectivity index (χ1) is 7.84. The van der Waals surface area contributed by atoms with E-state index in [2.05, 4.69) is 31.2 Å². The standard InChI is InChI=1S/C15H22O/c1-13-10-15(11-13)8-5-9-16-12-14-6-3-2-4-7-14/h2-4,6-7,13,15H,5,8-12H2,1H3. The zero-order valence-corrected chi connectivity index (χ0v) is 10.2. The molecule has 0 heterocycles. The zero-order chi connectivity index (χ0) is 11.2. The van der Waals surface area contributed by atoms with Crippen LogP contribution in [0.2, 0.25) is 0 Å². The van der Waals surface area contributed by atoms with Crippen LogP contribution in [0, 0.1) is 11.8 Å². The van der Waals surface area contributed by atoms with Crippen LogP contribution in [-0.2, 0) is 11.3 Å². The molecule has 1 aromatic carbocycles. The zero-order valence-electron chi connectivity index (χ0n) is 10.2. The van der Waals surface area contributed by atoms with E-state index in [1.54, 1.807) is 0 Å². The van der Waals surface area contributed by atoms with Gasteiger partial charge in [0.15, 0.2) is 0 Å². The van der Waals surface area contributed by atoms with Gasteiger partial charge < -0.3 is 4.74 Å². The SMILES string of the molecule is CC1CC(CCCOCc2ccccc2)C1. The van der Waals surface area contributed by atoms with Crippen LogP contribution in [0.15, 0.2) is 30.3 Å². The Kier molecular flexibility index (Phi) is 4.41. The quantitative estimate of drug-likeness (QED) is 0.655. The number of rotatable bonds is 6. The lowest BCUT2D eigenvalue weighted by atomic mass is 9.74. The summed E-state index contributed by atoms with van der Waals surface area (Å²) in [5, 5.41) is 0. The minimum absolute atomic E-state index is 0.766. The molecular formula is C15H22O. The summed E-state index contributed by atoms with van der Waals surface area (Å²) in [6.45, 7) is 4.03. The van der Waals surface area contributed by atoms with Crippen LogP contribution in [0.5, 0.6) is 0 Å². The van der Waals surface area contributed by atoms with Crippen molar-refractivity contribution < 1.29 is 4.74 Å². The van der Waals surface area contributed by atoms with Crippen molar-refractivity contribution in [2.45, 2.75) is 39.2 Å². The van der Waals surface area contributed by atoms with Crippen LogP contribution < -0.4 is 0 Å². The third-order valence-corrected chi connectivity index (χ3v) is 3.48. The summed E-state index contributed by atoms with van der Waals surface area (Å²) in [6.07, 6.45) is 5.47. The van der Waals surface area contributed by atoms with Gasteiger partial charge in [0.05, 0.1) is 6.61 Å². The molecule has 1 aromatic rings. The lowest BCUT2D eigenvalue weighted by Gasteiger charge is -2.32. The molecule has 2 rings (SSSR count). The average molecular weight is 218 g/mol. The normalized spacial score (nSPS) is 24.1. The second-order valence-electron chi connectivity index (χ2n) is 5.12. The topological polar surface area (TPSA) is 9.23 Å². The Labute approximate surface area is 98.8 Å². The molecule has 0 unspecified atom stereocenters. The summed E-state index contributed by atoms with van der Waals surface area (Å²) < 4.78 is 5.67. The lowest BCUT2D eigenvalue weighted by molar-refractivity contribution is 0.103. The molecule has 1 aliphatic rings. The minimum Gasteiger partial charge on any atom is -0.377 e. The van der Waals surface area contributed by atoms with Crippen molar-refractivity contribution in [1.29, 1.82) is 0 Å². The first-order valence-corrected chi connectivity index (χ1v) is 6.46. The second kappa shape index (κ2) is 6.05. The molecule has 1 nitrogen and oxygen atoms in total. The van der Waals surface area contributed by atoms with Gasteiger partial charge in [-0.05, 0) is 43.1 Å². The first kappa shape index (κ1) is 11.7. The molecule has 1 fully saturated rings. The molecule has 0 aromatic heterocycles. The van der Waals surface area contributed by atoms with E-state index >= 15 is 0 Å². The van der Waals surface area contributed by atoms with Crippen LogP contribution in [0.3, 0.4) is 0 Å². The fraction of sp³-hybridized carbons (Fsp3) is 0.600. The summed E-state index contributed by atoms with van der Waals surface area (Å²) >= 11 is 0. The highest BCUT2D eigenvalue weighted by atomic mass is 16.5. The van der Waals surface area contributed by atoms with Gasteiger partial charge in [-0.2, -0.15) is 0 Å². The van der Waals surface area contributed by atoms with Crippen molar-refractivity contribution in [2.75, 3.05) is 6.61 Å². The van der Waals surface area contributed by atoms with Crippen molar-refractivity contribution in [3.63, 3.8) is 0 Å². The minimum atomic E-state index is 0.766. The summed E-state index contributed by atoms with van der Waals surface area (Å²) in [5.74, 6) is 1.98. The van der Waals surface area contributed by atoms with Crippen LogP contribution in [0.4, 0.5) is 0 Å². The van der Waals surface area contributed by atoms with Gasteiger partial charge in [-0.25, -0.2) is 0 Å². The maximum atomic E-state index is 5.67. The fourth-order valence-corrected chi connectivity index (χ4v) is 2.54. The molecule has 0 amide bonds. The highest BCUT2D eigenvalue weighted by Crippen LogP contribution is 2.36. The molecule has 1 aliphatic carbocycles. The molecule has 0 radical (unpaired) electrons. The summed E-state index contributed by atoms with van der Waals surface area (Å²) in [6, 6.07) is 10.4. The van der Waals surface area contributed by atoms with Gasteiger partial charge in [0, 0.05) is 6.61 Å². The van der Waals surface area contributed by atoms with Gasteiger partial charge in [-0.1, -0.05) is 37.3 Å². The summed E-state index contributed by atoms with van der Waals surface area (Å²) in [5.41, 5.74) is 1.28. The predicted molar refractivity (Wildman–Crippen MR) is 67.2 cm³/mol. The van der Waals surface area contributed by atoms with Crippen LogP contribution >= 0.6 is 0 Å². The van der Waals surface area contributed by atoms with Crippen LogP contribution in [0.25, 0.3) is 0 Å². The molecule has 0 spiro atoms. The molecule has 88 valence electrons. The Morgan fingerprint density at radius 1 is 1.19 bits per heavy atom. The van der Waals surface area contributed by atoms with Gasteiger partial charge in [0.1, 0.15) is 0 Å². The Hall–Kier alpha value is -0.820. The second-order valence-corrected chi connectivity index (χ2v) is 5.12. The van der Waals surface area contributed by atoms with E-state index in [9.17, 15) is 0 Å². The third-order valence-electron chi connectivity index (χ3n) is 3.48. The van der Waals surface area contributed by atoms with Crippen molar-refractivity contribution in [3.8, 4) is 0 Å². The molecule has 1 saturated carbocycles. The van der Waals surface area contributed by atoms with Crippen LogP contribution in [-0.4, -0.2) is 6.61 Å². The first-order valence-electron chi connectivity index (χ1n) is 6.46. The Morgan fingerprint density at radius 2 is 1.94 bits per heavy atom. The maximum absolute atomic E-state index is 5.67. The van der Waals surface area contributed by atoms with E-state index in [4.69, 9.17) is 4.74 Å². The number of hydrogen-bond acceptors (Lipinski definition) is 1. The molecule has 0 saturated heterocycles. The average Bonchev–Trinajstić information content (AvgIpc) is 2.27. The van der Waals surface area contributed by atoms with Crippen molar-refractivity contribution in [3.05, 3.63) is 35.9 Å². The van der Waals surface area contributed by atoms with E-state index in [1.165, 1.54) is 31.2 Å². The van der Waals surface area contributed by atoms with Gasteiger partial charge >= 0.3 is 0 Å². The van der Waals surface area contributed by atoms with Crippen molar-refractivity contribution in [1.82, 2.24) is 0 Å². The smallest absolute Gasteiger partial charge is 0.0716 e. The van der Waals surface area contributed by atoms with Gasteiger partial charge in [-0.3, -0.25) is 0 Å². The molecule has 0 N–H and O–H groups in total. The molecule has 0 bridgehead atoms. The largest absolute Gasteiger partial charge is 0.377 e. The fourth-order valence-electron chi connectivity index (χ4n) is 2.54. The van der Waals surface area contributed by atoms with Gasteiger partial charge in [0.25, 0.3) is 0 Å². The van der Waals surface area contributed by atoms with Gasteiger partial charge in [0.2, 0.25) is 0 Å². The number of ether oxygens (including phenoxy) is 1. The molecule has 16 heavy (non-hydrogen) atoms. The Morgan fingerprint density at radius 3 is 2.62 bits per heavy atom. The van der Waals surface area contributed by atoms with E-state index in [0.717, 1.165) is 25.0 Å². The maximum Gasteiger partial charge on any atom is 0.0716 e. The van der Waals surface area contributed by atoms with Crippen molar-refractivity contribution in [2.24, 2.45) is 11.8 Å².